The van der Waals surface area contributed by atoms with Crippen LogP contribution in [0.4, 0.5) is 0 Å². The third kappa shape index (κ3) is 3.45. The van der Waals surface area contributed by atoms with Crippen LogP contribution in [0.2, 0.25) is 0 Å². The van der Waals surface area contributed by atoms with E-state index in [0.29, 0.717) is 26.2 Å². The van der Waals surface area contributed by atoms with E-state index in [2.05, 4.69) is 5.32 Å². The first-order chi connectivity index (χ1) is 9.14. The molecule has 0 spiro atoms. The molecule has 1 aromatic rings. The van der Waals surface area contributed by atoms with Crippen molar-refractivity contribution in [2.75, 3.05) is 26.9 Å². The number of nitrogens with one attached hydrogen (secondary N) is 1. The van der Waals surface area contributed by atoms with Gasteiger partial charge in [0.1, 0.15) is 11.3 Å². The average Bonchev–Trinajstić information content (AvgIpc) is 2.88. The minimum atomic E-state index is -0.847. The molecule has 1 aliphatic rings. The molecule has 0 radical (unpaired) electrons. The van der Waals surface area contributed by atoms with E-state index in [9.17, 15) is 4.79 Å². The highest BCUT2D eigenvalue weighted by molar-refractivity contribution is 5.86. The molecule has 3 N–H and O–H groups in total. The Hall–Kier alpha value is -1.59. The maximum absolute atomic E-state index is 11.9. The Morgan fingerprint density at radius 1 is 1.47 bits per heavy atom. The fourth-order valence-corrected chi connectivity index (χ4v) is 2.05. The monoisotopic (exact) mass is 264 g/mol. The summed E-state index contributed by atoms with van der Waals surface area (Å²) in [4.78, 5) is 11.9. The molecule has 1 atom stereocenters. The van der Waals surface area contributed by atoms with Gasteiger partial charge in [0.2, 0.25) is 5.91 Å². The van der Waals surface area contributed by atoms with Gasteiger partial charge in [-0.15, -0.1) is 0 Å². The number of hydrogen-bond donors (Lipinski definition) is 2. The SMILES string of the molecule is COc1ccc(CCNC(=O)C2(N)CCOC2)cc1. The molecule has 1 unspecified atom stereocenters. The van der Waals surface area contributed by atoms with E-state index in [1.54, 1.807) is 7.11 Å². The van der Waals surface area contributed by atoms with Gasteiger partial charge < -0.3 is 20.5 Å². The van der Waals surface area contributed by atoms with Crippen LogP contribution in [0.3, 0.4) is 0 Å². The van der Waals surface area contributed by atoms with Crippen molar-refractivity contribution in [1.82, 2.24) is 5.32 Å². The molecule has 2 rings (SSSR count). The molecular weight excluding hydrogens is 244 g/mol. The van der Waals surface area contributed by atoms with Crippen LogP contribution in [-0.4, -0.2) is 38.3 Å². The molecule has 19 heavy (non-hydrogen) atoms. The topological polar surface area (TPSA) is 73.6 Å². The standard InChI is InChI=1S/C14H20N2O3/c1-18-12-4-2-11(3-5-12)6-8-16-13(17)14(15)7-9-19-10-14/h2-5H,6-10,15H2,1H3,(H,16,17). The van der Waals surface area contributed by atoms with E-state index in [-0.39, 0.29) is 5.91 Å². The fourth-order valence-electron chi connectivity index (χ4n) is 2.05. The van der Waals surface area contributed by atoms with Crippen LogP contribution in [0.25, 0.3) is 0 Å². The van der Waals surface area contributed by atoms with Crippen LogP contribution in [-0.2, 0) is 16.0 Å². The largest absolute Gasteiger partial charge is 0.497 e. The second-order valence-electron chi connectivity index (χ2n) is 4.81. The fraction of sp³-hybridized carbons (Fsp3) is 0.500. The van der Waals surface area contributed by atoms with E-state index in [1.165, 1.54) is 0 Å². The summed E-state index contributed by atoms with van der Waals surface area (Å²) in [5, 5.41) is 2.87. The summed E-state index contributed by atoms with van der Waals surface area (Å²) in [5.41, 5.74) is 6.27. The summed E-state index contributed by atoms with van der Waals surface area (Å²) in [6.07, 6.45) is 1.36. The first-order valence-corrected chi connectivity index (χ1v) is 6.42. The lowest BCUT2D eigenvalue weighted by atomic mass is 9.99. The highest BCUT2D eigenvalue weighted by Crippen LogP contribution is 2.15. The Morgan fingerprint density at radius 3 is 2.79 bits per heavy atom. The summed E-state index contributed by atoms with van der Waals surface area (Å²) in [5.74, 6) is 0.704. The minimum absolute atomic E-state index is 0.126. The molecule has 1 saturated heterocycles. The Labute approximate surface area is 113 Å². The number of rotatable bonds is 5. The number of carbonyl (C=O) groups excluding carboxylic acids is 1. The van der Waals surface area contributed by atoms with Gasteiger partial charge in [-0.25, -0.2) is 0 Å². The van der Waals surface area contributed by atoms with Crippen molar-refractivity contribution in [2.45, 2.75) is 18.4 Å². The lowest BCUT2D eigenvalue weighted by molar-refractivity contribution is -0.126. The molecule has 1 fully saturated rings. The number of benzene rings is 1. The van der Waals surface area contributed by atoms with Gasteiger partial charge in [-0.3, -0.25) is 4.79 Å². The van der Waals surface area contributed by atoms with Crippen molar-refractivity contribution in [3.63, 3.8) is 0 Å². The first kappa shape index (κ1) is 13.8. The predicted molar refractivity (Wildman–Crippen MR) is 72.1 cm³/mol. The van der Waals surface area contributed by atoms with Crippen LogP contribution in [0.15, 0.2) is 24.3 Å². The van der Waals surface area contributed by atoms with E-state index in [0.717, 1.165) is 17.7 Å². The van der Waals surface area contributed by atoms with Gasteiger partial charge in [0.05, 0.1) is 13.7 Å². The van der Waals surface area contributed by atoms with Crippen LogP contribution < -0.4 is 15.8 Å². The molecule has 0 saturated carbocycles. The van der Waals surface area contributed by atoms with Gasteiger partial charge in [-0.1, -0.05) is 12.1 Å². The van der Waals surface area contributed by atoms with E-state index in [1.807, 2.05) is 24.3 Å². The molecule has 5 heteroatoms. The van der Waals surface area contributed by atoms with Crippen molar-refractivity contribution in [2.24, 2.45) is 5.73 Å². The van der Waals surface area contributed by atoms with Gasteiger partial charge in [-0.05, 0) is 30.5 Å². The van der Waals surface area contributed by atoms with Crippen molar-refractivity contribution in [3.05, 3.63) is 29.8 Å². The third-order valence-electron chi connectivity index (χ3n) is 3.36. The summed E-state index contributed by atoms with van der Waals surface area (Å²) in [7, 11) is 1.64. The lowest BCUT2D eigenvalue weighted by Crippen LogP contribution is -2.54. The van der Waals surface area contributed by atoms with Gasteiger partial charge >= 0.3 is 0 Å². The average molecular weight is 264 g/mol. The number of hydrogen-bond acceptors (Lipinski definition) is 4. The molecule has 0 aliphatic carbocycles. The Bertz CT molecular complexity index is 425. The molecule has 5 nitrogen and oxygen atoms in total. The maximum Gasteiger partial charge on any atom is 0.242 e. The van der Waals surface area contributed by atoms with Crippen LogP contribution in [0, 0.1) is 0 Å². The summed E-state index contributed by atoms with van der Waals surface area (Å²) < 4.78 is 10.3. The molecule has 104 valence electrons. The number of ether oxygens (including phenoxy) is 2. The van der Waals surface area contributed by atoms with Gasteiger partial charge in [0.15, 0.2) is 0 Å². The Balaban J connectivity index is 1.78. The number of amides is 1. The molecular formula is C14H20N2O3. The van der Waals surface area contributed by atoms with Gasteiger partial charge in [0, 0.05) is 13.2 Å². The van der Waals surface area contributed by atoms with Crippen molar-refractivity contribution in [3.8, 4) is 5.75 Å². The summed E-state index contributed by atoms with van der Waals surface area (Å²) >= 11 is 0. The van der Waals surface area contributed by atoms with Crippen molar-refractivity contribution >= 4 is 5.91 Å². The van der Waals surface area contributed by atoms with Crippen molar-refractivity contribution in [1.29, 1.82) is 0 Å². The second-order valence-corrected chi connectivity index (χ2v) is 4.81. The molecule has 1 heterocycles. The smallest absolute Gasteiger partial charge is 0.242 e. The highest BCUT2D eigenvalue weighted by Gasteiger charge is 2.37. The third-order valence-corrected chi connectivity index (χ3v) is 3.36. The van der Waals surface area contributed by atoms with Gasteiger partial charge in [-0.2, -0.15) is 0 Å². The molecule has 1 amide bonds. The zero-order valence-corrected chi connectivity index (χ0v) is 11.1. The predicted octanol–water partition coefficient (Wildman–Crippen LogP) is 0.472. The minimum Gasteiger partial charge on any atom is -0.497 e. The van der Waals surface area contributed by atoms with E-state index < -0.39 is 5.54 Å². The maximum atomic E-state index is 11.9. The molecule has 0 bridgehead atoms. The van der Waals surface area contributed by atoms with Crippen LogP contribution >= 0.6 is 0 Å². The zero-order valence-electron chi connectivity index (χ0n) is 11.1. The quantitative estimate of drug-likeness (QED) is 0.811. The molecule has 1 aromatic carbocycles. The summed E-state index contributed by atoms with van der Waals surface area (Å²) in [6, 6.07) is 7.79. The van der Waals surface area contributed by atoms with Crippen LogP contribution in [0.1, 0.15) is 12.0 Å². The molecule has 1 aliphatic heterocycles. The first-order valence-electron chi connectivity index (χ1n) is 6.42. The number of nitrogens with two attached hydrogens (primary N) is 1. The lowest BCUT2D eigenvalue weighted by Gasteiger charge is -2.20. The van der Waals surface area contributed by atoms with E-state index >= 15 is 0 Å². The van der Waals surface area contributed by atoms with Crippen LogP contribution in [0.5, 0.6) is 5.75 Å². The second kappa shape index (κ2) is 6.04. The molecule has 0 aromatic heterocycles. The summed E-state index contributed by atoms with van der Waals surface area (Å²) in [6.45, 7) is 1.44. The van der Waals surface area contributed by atoms with Crippen molar-refractivity contribution < 1.29 is 14.3 Å². The zero-order chi connectivity index (χ0) is 13.7. The number of carbonyl (C=O) groups is 1. The Morgan fingerprint density at radius 2 is 2.21 bits per heavy atom. The highest BCUT2D eigenvalue weighted by atomic mass is 16.5. The Kier molecular flexibility index (Phi) is 4.39. The van der Waals surface area contributed by atoms with Gasteiger partial charge in [0.25, 0.3) is 0 Å². The normalized spacial score (nSPS) is 22.2. The van der Waals surface area contributed by atoms with E-state index in [4.69, 9.17) is 15.2 Å². The number of methoxy groups -OCH3 is 1.